The molecule has 5 heteroatoms. The van der Waals surface area contributed by atoms with E-state index < -0.39 is 5.82 Å². The summed E-state index contributed by atoms with van der Waals surface area (Å²) in [5, 5.41) is 8.92. The summed E-state index contributed by atoms with van der Waals surface area (Å²) < 4.78 is 24.0. The number of nitrogen functional groups attached to an aromatic ring is 1. The van der Waals surface area contributed by atoms with E-state index in [0.717, 1.165) is 0 Å². The van der Waals surface area contributed by atoms with Crippen LogP contribution in [0.25, 0.3) is 0 Å². The molecule has 0 heterocycles. The van der Waals surface area contributed by atoms with Crippen LogP contribution in [-0.2, 0) is 0 Å². The van der Waals surface area contributed by atoms with Gasteiger partial charge in [0.05, 0.1) is 12.8 Å². The molecule has 19 heavy (non-hydrogen) atoms. The van der Waals surface area contributed by atoms with Gasteiger partial charge in [-0.2, -0.15) is 5.26 Å². The van der Waals surface area contributed by atoms with Crippen molar-refractivity contribution in [2.45, 2.75) is 0 Å². The number of rotatable bonds is 3. The van der Waals surface area contributed by atoms with Crippen LogP contribution in [0, 0.1) is 17.1 Å². The Kier molecular flexibility index (Phi) is 3.53. The van der Waals surface area contributed by atoms with Crippen molar-refractivity contribution in [1.29, 1.82) is 5.26 Å². The van der Waals surface area contributed by atoms with Crippen LogP contribution in [0.4, 0.5) is 10.1 Å². The molecule has 4 nitrogen and oxygen atoms in total. The highest BCUT2D eigenvalue weighted by Gasteiger charge is 2.11. The Morgan fingerprint density at radius 1 is 1.21 bits per heavy atom. The van der Waals surface area contributed by atoms with Gasteiger partial charge in [0, 0.05) is 6.07 Å². The molecule has 0 radical (unpaired) electrons. The minimum absolute atomic E-state index is 0.113. The Labute approximate surface area is 109 Å². The molecule has 0 saturated carbocycles. The molecule has 0 saturated heterocycles. The van der Waals surface area contributed by atoms with Gasteiger partial charge in [-0.05, 0) is 24.3 Å². The summed E-state index contributed by atoms with van der Waals surface area (Å²) in [4.78, 5) is 0. The summed E-state index contributed by atoms with van der Waals surface area (Å²) in [7, 11) is 1.51. The number of nitrogens with two attached hydrogens (primary N) is 1. The monoisotopic (exact) mass is 258 g/mol. The minimum Gasteiger partial charge on any atom is -0.497 e. The Morgan fingerprint density at radius 2 is 2.00 bits per heavy atom. The van der Waals surface area contributed by atoms with Crippen LogP contribution in [0.3, 0.4) is 0 Å². The molecule has 2 N–H and O–H groups in total. The van der Waals surface area contributed by atoms with E-state index in [4.69, 9.17) is 20.5 Å². The molecule has 0 aliphatic carbocycles. The lowest BCUT2D eigenvalue weighted by Crippen LogP contribution is -1.96. The summed E-state index contributed by atoms with van der Waals surface area (Å²) in [6.45, 7) is 0. The van der Waals surface area contributed by atoms with Crippen molar-refractivity contribution in [3.63, 3.8) is 0 Å². The number of anilines is 1. The lowest BCUT2D eigenvalue weighted by atomic mass is 10.2. The molecule has 0 amide bonds. The molecule has 0 aliphatic rings. The van der Waals surface area contributed by atoms with Gasteiger partial charge in [-0.3, -0.25) is 0 Å². The van der Waals surface area contributed by atoms with E-state index in [1.807, 2.05) is 0 Å². The van der Waals surface area contributed by atoms with Crippen molar-refractivity contribution in [3.8, 4) is 23.3 Å². The Balaban J connectivity index is 2.42. The molecule has 0 spiro atoms. The number of methoxy groups -OCH3 is 1. The van der Waals surface area contributed by atoms with Gasteiger partial charge >= 0.3 is 0 Å². The van der Waals surface area contributed by atoms with Gasteiger partial charge in [0.1, 0.15) is 28.9 Å². The molecule has 0 aliphatic heterocycles. The third-order valence-corrected chi connectivity index (χ3v) is 2.53. The lowest BCUT2D eigenvalue weighted by molar-refractivity contribution is 0.409. The van der Waals surface area contributed by atoms with Crippen LogP contribution in [0.5, 0.6) is 17.2 Å². The van der Waals surface area contributed by atoms with Crippen LogP contribution >= 0.6 is 0 Å². The van der Waals surface area contributed by atoms with Gasteiger partial charge in [-0.25, -0.2) is 4.39 Å². The van der Waals surface area contributed by atoms with Crippen molar-refractivity contribution < 1.29 is 13.9 Å². The lowest BCUT2D eigenvalue weighted by Gasteiger charge is -2.11. The molecule has 96 valence electrons. The quantitative estimate of drug-likeness (QED) is 0.859. The van der Waals surface area contributed by atoms with Crippen LogP contribution < -0.4 is 15.2 Å². The third-order valence-electron chi connectivity index (χ3n) is 2.53. The molecule has 0 atom stereocenters. The summed E-state index contributed by atoms with van der Waals surface area (Å²) in [5.74, 6) is 0.337. The van der Waals surface area contributed by atoms with Gasteiger partial charge in [0.25, 0.3) is 0 Å². The SMILES string of the molecule is COc1ccc(N)c(Oc2cccc(F)c2C#N)c1. The highest BCUT2D eigenvalue weighted by Crippen LogP contribution is 2.33. The average Bonchev–Trinajstić information content (AvgIpc) is 2.41. The maximum absolute atomic E-state index is 13.4. The molecule has 2 aromatic carbocycles. The molecular weight excluding hydrogens is 247 g/mol. The predicted octanol–water partition coefficient (Wildman–Crippen LogP) is 3.08. The summed E-state index contributed by atoms with van der Waals surface area (Å²) in [6.07, 6.45) is 0. The van der Waals surface area contributed by atoms with E-state index in [9.17, 15) is 4.39 Å². The van der Waals surface area contributed by atoms with Crippen LogP contribution in [0.1, 0.15) is 5.56 Å². The fourth-order valence-electron chi connectivity index (χ4n) is 1.55. The third kappa shape index (κ3) is 2.58. The minimum atomic E-state index is -0.638. The number of benzene rings is 2. The standard InChI is InChI=1S/C14H11FN2O2/c1-18-9-5-6-12(17)14(7-9)19-13-4-2-3-11(15)10(13)8-16/h2-7H,17H2,1H3. The zero-order chi connectivity index (χ0) is 13.8. The van der Waals surface area contributed by atoms with Gasteiger partial charge in [0.2, 0.25) is 0 Å². The normalized spacial score (nSPS) is 9.74. The summed E-state index contributed by atoms with van der Waals surface area (Å²) in [6, 6.07) is 10.8. The summed E-state index contributed by atoms with van der Waals surface area (Å²) in [5.41, 5.74) is 5.97. The van der Waals surface area contributed by atoms with Crippen molar-refractivity contribution in [1.82, 2.24) is 0 Å². The van der Waals surface area contributed by atoms with E-state index >= 15 is 0 Å². The first kappa shape index (κ1) is 12.7. The van der Waals surface area contributed by atoms with E-state index in [1.165, 1.54) is 25.3 Å². The largest absolute Gasteiger partial charge is 0.497 e. The van der Waals surface area contributed by atoms with Crippen molar-refractivity contribution in [3.05, 3.63) is 47.8 Å². The second kappa shape index (κ2) is 5.27. The van der Waals surface area contributed by atoms with E-state index in [0.29, 0.717) is 17.2 Å². The van der Waals surface area contributed by atoms with Crippen molar-refractivity contribution >= 4 is 5.69 Å². The number of hydrogen-bond donors (Lipinski definition) is 1. The van der Waals surface area contributed by atoms with Gasteiger partial charge in [0.15, 0.2) is 5.75 Å². The first-order chi connectivity index (χ1) is 9.15. The van der Waals surface area contributed by atoms with E-state index in [2.05, 4.69) is 0 Å². The van der Waals surface area contributed by atoms with Crippen LogP contribution in [-0.4, -0.2) is 7.11 Å². The van der Waals surface area contributed by atoms with Gasteiger partial charge in [-0.15, -0.1) is 0 Å². The van der Waals surface area contributed by atoms with Crippen LogP contribution in [0.2, 0.25) is 0 Å². The number of hydrogen-bond acceptors (Lipinski definition) is 4. The number of nitrogens with zero attached hydrogens (tertiary/aromatic N) is 1. The van der Waals surface area contributed by atoms with Gasteiger partial charge in [-0.1, -0.05) is 6.07 Å². The van der Waals surface area contributed by atoms with Gasteiger partial charge < -0.3 is 15.2 Å². The van der Waals surface area contributed by atoms with Crippen molar-refractivity contribution in [2.24, 2.45) is 0 Å². The predicted molar refractivity (Wildman–Crippen MR) is 68.6 cm³/mol. The Hall–Kier alpha value is -2.74. The molecule has 2 rings (SSSR count). The first-order valence-corrected chi connectivity index (χ1v) is 5.45. The highest BCUT2D eigenvalue weighted by molar-refractivity contribution is 5.58. The Morgan fingerprint density at radius 3 is 2.68 bits per heavy atom. The topological polar surface area (TPSA) is 68.3 Å². The Bertz CT molecular complexity index is 650. The second-order valence-electron chi connectivity index (χ2n) is 3.73. The van der Waals surface area contributed by atoms with Crippen LogP contribution in [0.15, 0.2) is 36.4 Å². The zero-order valence-electron chi connectivity index (χ0n) is 10.2. The number of ether oxygens (including phenoxy) is 2. The number of halogens is 1. The molecule has 0 unspecified atom stereocenters. The maximum atomic E-state index is 13.4. The fraction of sp³-hybridized carbons (Fsp3) is 0.0714. The first-order valence-electron chi connectivity index (χ1n) is 5.45. The zero-order valence-corrected chi connectivity index (χ0v) is 10.2. The fourth-order valence-corrected chi connectivity index (χ4v) is 1.55. The molecule has 0 fully saturated rings. The molecule has 0 aromatic heterocycles. The average molecular weight is 258 g/mol. The maximum Gasteiger partial charge on any atom is 0.154 e. The van der Waals surface area contributed by atoms with E-state index in [-0.39, 0.29) is 11.3 Å². The molecular formula is C14H11FN2O2. The second-order valence-corrected chi connectivity index (χ2v) is 3.73. The highest BCUT2D eigenvalue weighted by atomic mass is 19.1. The molecule has 2 aromatic rings. The smallest absolute Gasteiger partial charge is 0.154 e. The summed E-state index contributed by atoms with van der Waals surface area (Å²) >= 11 is 0. The van der Waals surface area contributed by atoms with E-state index in [1.54, 1.807) is 24.3 Å². The molecule has 0 bridgehead atoms. The van der Waals surface area contributed by atoms with Crippen molar-refractivity contribution in [2.75, 3.05) is 12.8 Å². The number of nitriles is 1.